The van der Waals surface area contributed by atoms with E-state index in [1.807, 2.05) is 62.4 Å². The molecule has 142 valence electrons. The van der Waals surface area contributed by atoms with Crippen LogP contribution in [0.15, 0.2) is 48.5 Å². The van der Waals surface area contributed by atoms with Crippen molar-refractivity contribution in [2.45, 2.75) is 33.2 Å². The first kappa shape index (κ1) is 19.0. The summed E-state index contributed by atoms with van der Waals surface area (Å²) in [6.07, 6.45) is 1.14. The number of carbonyl (C=O) groups excluding carboxylic acids is 2. The van der Waals surface area contributed by atoms with Gasteiger partial charge in [-0.3, -0.25) is 9.59 Å². The summed E-state index contributed by atoms with van der Waals surface area (Å²) < 4.78 is 5.76. The molecule has 2 aromatic rings. The summed E-state index contributed by atoms with van der Waals surface area (Å²) in [4.78, 5) is 26.8. The normalized spacial score (nSPS) is 16.4. The van der Waals surface area contributed by atoms with Crippen LogP contribution in [0.25, 0.3) is 0 Å². The van der Waals surface area contributed by atoms with Gasteiger partial charge in [-0.1, -0.05) is 43.3 Å². The monoisotopic (exact) mass is 366 g/mol. The molecule has 1 saturated heterocycles. The molecule has 0 spiro atoms. The van der Waals surface area contributed by atoms with E-state index in [-0.39, 0.29) is 24.2 Å². The minimum Gasteiger partial charge on any atom is -0.491 e. The summed E-state index contributed by atoms with van der Waals surface area (Å²) in [6.45, 7) is 5.61. The number of likely N-dealkylation sites (tertiary alicyclic amines) is 1. The summed E-state index contributed by atoms with van der Waals surface area (Å²) >= 11 is 0. The first-order valence-corrected chi connectivity index (χ1v) is 9.43. The molecule has 0 aromatic heterocycles. The van der Waals surface area contributed by atoms with Crippen molar-refractivity contribution < 1.29 is 14.3 Å². The van der Waals surface area contributed by atoms with E-state index in [2.05, 4.69) is 5.32 Å². The van der Waals surface area contributed by atoms with Crippen molar-refractivity contribution in [2.75, 3.05) is 18.5 Å². The number of aryl methyl sites for hydroxylation is 1. The van der Waals surface area contributed by atoms with Gasteiger partial charge in [0, 0.05) is 19.5 Å². The molecule has 1 atom stereocenters. The summed E-state index contributed by atoms with van der Waals surface area (Å²) in [5.41, 5.74) is 2.80. The second-order valence-corrected chi connectivity index (χ2v) is 7.00. The van der Waals surface area contributed by atoms with E-state index in [0.717, 1.165) is 17.5 Å². The fraction of sp³-hybridized carbons (Fsp3) is 0.364. The van der Waals surface area contributed by atoms with Crippen LogP contribution in [0.5, 0.6) is 5.75 Å². The number of rotatable bonds is 7. The number of ether oxygens (including phenoxy) is 1. The van der Waals surface area contributed by atoms with Gasteiger partial charge in [0.25, 0.3) is 0 Å². The molecule has 5 heteroatoms. The summed E-state index contributed by atoms with van der Waals surface area (Å²) in [6, 6.07) is 15.6. The molecule has 27 heavy (non-hydrogen) atoms. The van der Waals surface area contributed by atoms with Crippen LogP contribution < -0.4 is 10.1 Å². The molecule has 1 unspecified atom stereocenters. The Kier molecular flexibility index (Phi) is 6.12. The SMILES string of the molecule is CCCOc1cc(C)ccc1NC(=O)C1CC(=O)N(Cc2ccccc2)C1. The van der Waals surface area contributed by atoms with Crippen LogP contribution in [0, 0.1) is 12.8 Å². The van der Waals surface area contributed by atoms with Crippen molar-refractivity contribution in [3.05, 3.63) is 59.7 Å². The molecule has 1 fully saturated rings. The number of benzene rings is 2. The van der Waals surface area contributed by atoms with Crippen molar-refractivity contribution in [3.8, 4) is 5.75 Å². The molecule has 0 saturated carbocycles. The lowest BCUT2D eigenvalue weighted by molar-refractivity contribution is -0.128. The third-order valence-corrected chi connectivity index (χ3v) is 4.66. The highest BCUT2D eigenvalue weighted by Crippen LogP contribution is 2.28. The van der Waals surface area contributed by atoms with Crippen molar-refractivity contribution in [2.24, 2.45) is 5.92 Å². The predicted octanol–water partition coefficient (Wildman–Crippen LogP) is 3.77. The molecule has 2 aromatic carbocycles. The van der Waals surface area contributed by atoms with E-state index < -0.39 is 0 Å². The van der Waals surface area contributed by atoms with Crippen molar-refractivity contribution in [3.63, 3.8) is 0 Å². The maximum absolute atomic E-state index is 12.7. The lowest BCUT2D eigenvalue weighted by atomic mass is 10.1. The first-order chi connectivity index (χ1) is 13.1. The fourth-order valence-corrected chi connectivity index (χ4v) is 3.20. The topological polar surface area (TPSA) is 58.6 Å². The highest BCUT2D eigenvalue weighted by Gasteiger charge is 2.34. The zero-order valence-electron chi connectivity index (χ0n) is 15.9. The standard InChI is InChI=1S/C22H26N2O3/c1-3-11-27-20-12-16(2)9-10-19(20)23-22(26)18-13-21(25)24(15-18)14-17-7-5-4-6-8-17/h4-10,12,18H,3,11,13-15H2,1-2H3,(H,23,26). The molecule has 0 bridgehead atoms. The zero-order valence-corrected chi connectivity index (χ0v) is 15.9. The maximum atomic E-state index is 12.7. The van der Waals surface area contributed by atoms with Gasteiger partial charge in [-0.25, -0.2) is 0 Å². The largest absolute Gasteiger partial charge is 0.491 e. The highest BCUT2D eigenvalue weighted by molar-refractivity contribution is 5.98. The van der Waals surface area contributed by atoms with Gasteiger partial charge in [-0.05, 0) is 36.6 Å². The number of anilines is 1. The van der Waals surface area contributed by atoms with E-state index in [0.29, 0.717) is 31.1 Å². The van der Waals surface area contributed by atoms with Gasteiger partial charge in [-0.2, -0.15) is 0 Å². The minimum absolute atomic E-state index is 0.0189. The van der Waals surface area contributed by atoms with E-state index >= 15 is 0 Å². The molecule has 1 N–H and O–H groups in total. The quantitative estimate of drug-likeness (QED) is 0.811. The molecule has 0 aliphatic carbocycles. The lowest BCUT2D eigenvalue weighted by Gasteiger charge is -2.17. The van der Waals surface area contributed by atoms with Crippen LogP contribution in [-0.2, 0) is 16.1 Å². The Labute approximate surface area is 160 Å². The lowest BCUT2D eigenvalue weighted by Crippen LogP contribution is -2.28. The third-order valence-electron chi connectivity index (χ3n) is 4.66. The maximum Gasteiger partial charge on any atom is 0.229 e. The molecule has 1 aliphatic heterocycles. The highest BCUT2D eigenvalue weighted by atomic mass is 16.5. The van der Waals surface area contributed by atoms with Gasteiger partial charge in [-0.15, -0.1) is 0 Å². The van der Waals surface area contributed by atoms with Crippen molar-refractivity contribution >= 4 is 17.5 Å². The summed E-state index contributed by atoms with van der Waals surface area (Å²) in [5, 5.41) is 2.95. The Bertz CT molecular complexity index is 804. The fourth-order valence-electron chi connectivity index (χ4n) is 3.20. The van der Waals surface area contributed by atoms with Crippen LogP contribution in [0.1, 0.15) is 30.9 Å². The Balaban J connectivity index is 1.64. The molecule has 1 aliphatic rings. The number of nitrogens with one attached hydrogen (secondary N) is 1. The van der Waals surface area contributed by atoms with Gasteiger partial charge < -0.3 is 15.0 Å². The number of hydrogen-bond acceptors (Lipinski definition) is 3. The molecular formula is C22H26N2O3. The van der Waals surface area contributed by atoms with Gasteiger partial charge in [0.2, 0.25) is 11.8 Å². The minimum atomic E-state index is -0.346. The van der Waals surface area contributed by atoms with Crippen LogP contribution in [0.3, 0.4) is 0 Å². The average molecular weight is 366 g/mol. The third kappa shape index (κ3) is 4.88. The first-order valence-electron chi connectivity index (χ1n) is 9.43. The average Bonchev–Trinajstić information content (AvgIpc) is 3.03. The second kappa shape index (κ2) is 8.71. The van der Waals surface area contributed by atoms with Crippen LogP contribution >= 0.6 is 0 Å². The van der Waals surface area contributed by atoms with Gasteiger partial charge in [0.1, 0.15) is 5.75 Å². The van der Waals surface area contributed by atoms with E-state index in [1.54, 1.807) is 4.90 Å². The molecule has 1 heterocycles. The Morgan fingerprint density at radius 3 is 2.74 bits per heavy atom. The van der Waals surface area contributed by atoms with E-state index in [1.165, 1.54) is 0 Å². The van der Waals surface area contributed by atoms with Crippen LogP contribution in [-0.4, -0.2) is 29.9 Å². The number of amides is 2. The van der Waals surface area contributed by atoms with Gasteiger partial charge in [0.05, 0.1) is 18.2 Å². The molecular weight excluding hydrogens is 340 g/mol. The Hall–Kier alpha value is -2.82. The zero-order chi connectivity index (χ0) is 19.2. The predicted molar refractivity (Wildman–Crippen MR) is 106 cm³/mol. The van der Waals surface area contributed by atoms with E-state index in [4.69, 9.17) is 4.74 Å². The number of carbonyl (C=O) groups is 2. The summed E-state index contributed by atoms with van der Waals surface area (Å²) in [7, 11) is 0. The Morgan fingerprint density at radius 1 is 1.22 bits per heavy atom. The number of nitrogens with zero attached hydrogens (tertiary/aromatic N) is 1. The smallest absolute Gasteiger partial charge is 0.229 e. The number of hydrogen-bond donors (Lipinski definition) is 1. The van der Waals surface area contributed by atoms with E-state index in [9.17, 15) is 9.59 Å². The van der Waals surface area contributed by atoms with Crippen molar-refractivity contribution in [1.29, 1.82) is 0 Å². The molecule has 2 amide bonds. The second-order valence-electron chi connectivity index (χ2n) is 7.00. The van der Waals surface area contributed by atoms with Gasteiger partial charge in [0.15, 0.2) is 0 Å². The van der Waals surface area contributed by atoms with Crippen molar-refractivity contribution in [1.82, 2.24) is 4.90 Å². The van der Waals surface area contributed by atoms with Gasteiger partial charge >= 0.3 is 0 Å². The Morgan fingerprint density at radius 2 is 2.00 bits per heavy atom. The molecule has 0 radical (unpaired) electrons. The summed E-state index contributed by atoms with van der Waals surface area (Å²) in [5.74, 6) is 0.215. The molecule has 3 rings (SSSR count). The molecule has 5 nitrogen and oxygen atoms in total. The van der Waals surface area contributed by atoms with Crippen LogP contribution in [0.4, 0.5) is 5.69 Å². The van der Waals surface area contributed by atoms with Crippen LogP contribution in [0.2, 0.25) is 0 Å².